The summed E-state index contributed by atoms with van der Waals surface area (Å²) in [5.41, 5.74) is 9.16. The van der Waals surface area contributed by atoms with Gasteiger partial charge in [0.05, 0.1) is 5.02 Å². The van der Waals surface area contributed by atoms with E-state index in [1.165, 1.54) is 17.7 Å². The molecule has 0 spiro atoms. The molecule has 0 aliphatic heterocycles. The Morgan fingerprint density at radius 2 is 2.15 bits per heavy atom. The second kappa shape index (κ2) is 5.43. The van der Waals surface area contributed by atoms with Gasteiger partial charge in [0.2, 0.25) is 0 Å². The Labute approximate surface area is 122 Å². The second-order valence-electron chi connectivity index (χ2n) is 4.99. The van der Waals surface area contributed by atoms with Crippen LogP contribution in [0.1, 0.15) is 29.2 Å². The van der Waals surface area contributed by atoms with Crippen LogP contribution in [0.3, 0.4) is 0 Å². The van der Waals surface area contributed by atoms with E-state index < -0.39 is 0 Å². The van der Waals surface area contributed by atoms with E-state index in [0.717, 1.165) is 29.7 Å². The number of ether oxygens (including phenoxy) is 1. The van der Waals surface area contributed by atoms with Crippen molar-refractivity contribution in [3.05, 3.63) is 63.9 Å². The number of nitrogens with two attached hydrogens (primary N) is 1. The van der Waals surface area contributed by atoms with Gasteiger partial charge in [-0.3, -0.25) is 0 Å². The third kappa shape index (κ3) is 2.51. The molecule has 0 heterocycles. The van der Waals surface area contributed by atoms with E-state index in [0.29, 0.717) is 11.6 Å². The van der Waals surface area contributed by atoms with E-state index in [1.54, 1.807) is 6.07 Å². The van der Waals surface area contributed by atoms with Crippen LogP contribution in [0.2, 0.25) is 5.02 Å². The Kier molecular flexibility index (Phi) is 3.64. The normalized spacial score (nSPS) is 17.1. The number of hydrogen-bond acceptors (Lipinski definition) is 2. The zero-order valence-corrected chi connectivity index (χ0v) is 11.7. The predicted molar refractivity (Wildman–Crippen MR) is 77.4 cm³/mol. The monoisotopic (exact) mass is 291 g/mol. The summed E-state index contributed by atoms with van der Waals surface area (Å²) in [6, 6.07) is 10.4. The molecule has 104 valence electrons. The molecule has 2 aromatic rings. The standard InChI is InChI=1S/C16H15ClFNO/c17-14-8-11(18)5-4-10(14)9-20-16-3-1-2-12-13(16)6-7-15(12)19/h1-5,8,15H,6-7,9,19H2. The number of benzene rings is 2. The summed E-state index contributed by atoms with van der Waals surface area (Å²) in [5.74, 6) is 0.501. The van der Waals surface area contributed by atoms with Gasteiger partial charge < -0.3 is 10.5 Å². The summed E-state index contributed by atoms with van der Waals surface area (Å²) in [7, 11) is 0. The molecule has 0 saturated heterocycles. The van der Waals surface area contributed by atoms with Crippen molar-refractivity contribution in [3.63, 3.8) is 0 Å². The second-order valence-corrected chi connectivity index (χ2v) is 5.40. The molecular weight excluding hydrogens is 277 g/mol. The van der Waals surface area contributed by atoms with Crippen LogP contribution in [-0.4, -0.2) is 0 Å². The van der Waals surface area contributed by atoms with E-state index >= 15 is 0 Å². The minimum absolute atomic E-state index is 0.1000. The van der Waals surface area contributed by atoms with E-state index in [2.05, 4.69) is 0 Å². The van der Waals surface area contributed by atoms with Gasteiger partial charge in [-0.1, -0.05) is 29.8 Å². The minimum atomic E-state index is -0.342. The van der Waals surface area contributed by atoms with Gasteiger partial charge >= 0.3 is 0 Å². The molecule has 0 bridgehead atoms. The SMILES string of the molecule is NC1CCc2c(OCc3ccc(F)cc3Cl)cccc21. The average Bonchev–Trinajstić information content (AvgIpc) is 2.80. The molecule has 0 aromatic heterocycles. The third-order valence-electron chi connectivity index (χ3n) is 3.67. The van der Waals surface area contributed by atoms with Crippen LogP contribution in [0.5, 0.6) is 5.75 Å². The average molecular weight is 292 g/mol. The highest BCUT2D eigenvalue weighted by molar-refractivity contribution is 6.31. The maximum atomic E-state index is 13.0. The molecule has 4 heteroatoms. The topological polar surface area (TPSA) is 35.2 Å². The Morgan fingerprint density at radius 1 is 1.30 bits per heavy atom. The van der Waals surface area contributed by atoms with Crippen molar-refractivity contribution in [1.29, 1.82) is 0 Å². The summed E-state index contributed by atoms with van der Waals surface area (Å²) in [5, 5.41) is 0.384. The van der Waals surface area contributed by atoms with E-state index in [4.69, 9.17) is 22.1 Å². The van der Waals surface area contributed by atoms with Crippen LogP contribution >= 0.6 is 11.6 Å². The number of halogens is 2. The number of fused-ring (bicyclic) bond motifs is 1. The van der Waals surface area contributed by atoms with Crippen LogP contribution in [0.25, 0.3) is 0 Å². The van der Waals surface area contributed by atoms with Crippen molar-refractivity contribution in [3.8, 4) is 5.75 Å². The Hall–Kier alpha value is -1.58. The molecule has 2 aromatic carbocycles. The Balaban J connectivity index is 1.79. The molecule has 1 aliphatic carbocycles. The highest BCUT2D eigenvalue weighted by Gasteiger charge is 2.22. The molecule has 3 rings (SSSR count). The first kappa shape index (κ1) is 13.4. The van der Waals surface area contributed by atoms with Crippen LogP contribution < -0.4 is 10.5 Å². The molecule has 0 radical (unpaired) electrons. The van der Waals surface area contributed by atoms with Crippen LogP contribution in [0, 0.1) is 5.82 Å². The molecule has 1 aliphatic rings. The van der Waals surface area contributed by atoms with Gasteiger partial charge in [-0.05, 0) is 42.2 Å². The van der Waals surface area contributed by atoms with Gasteiger partial charge in [-0.15, -0.1) is 0 Å². The van der Waals surface area contributed by atoms with Crippen molar-refractivity contribution >= 4 is 11.6 Å². The molecule has 2 nitrogen and oxygen atoms in total. The molecular formula is C16H15ClFNO. The molecule has 2 N–H and O–H groups in total. The summed E-state index contributed by atoms with van der Waals surface area (Å²) in [6.45, 7) is 0.324. The molecule has 0 amide bonds. The van der Waals surface area contributed by atoms with Crippen molar-refractivity contribution in [2.45, 2.75) is 25.5 Å². The van der Waals surface area contributed by atoms with Gasteiger partial charge in [0.25, 0.3) is 0 Å². The number of hydrogen-bond donors (Lipinski definition) is 1. The summed E-state index contributed by atoms with van der Waals surface area (Å²) < 4.78 is 18.8. The van der Waals surface area contributed by atoms with Gasteiger partial charge in [0.15, 0.2) is 0 Å². The minimum Gasteiger partial charge on any atom is -0.489 e. The molecule has 0 saturated carbocycles. The van der Waals surface area contributed by atoms with Crippen LogP contribution in [0.4, 0.5) is 4.39 Å². The molecule has 1 unspecified atom stereocenters. The number of rotatable bonds is 3. The smallest absolute Gasteiger partial charge is 0.124 e. The Bertz CT molecular complexity index is 644. The van der Waals surface area contributed by atoms with Crippen molar-refractivity contribution < 1.29 is 9.13 Å². The van der Waals surface area contributed by atoms with E-state index in [1.807, 2.05) is 18.2 Å². The third-order valence-corrected chi connectivity index (χ3v) is 4.02. The fourth-order valence-electron chi connectivity index (χ4n) is 2.58. The predicted octanol–water partition coefficient (Wildman–Crippen LogP) is 4.00. The molecule has 1 atom stereocenters. The molecule has 20 heavy (non-hydrogen) atoms. The lowest BCUT2D eigenvalue weighted by Crippen LogP contribution is -2.05. The molecule has 0 fully saturated rings. The summed E-state index contributed by atoms with van der Waals surface area (Å²) in [6.07, 6.45) is 1.89. The van der Waals surface area contributed by atoms with E-state index in [-0.39, 0.29) is 11.9 Å². The fraction of sp³-hybridized carbons (Fsp3) is 0.250. The lowest BCUT2D eigenvalue weighted by Gasteiger charge is -2.12. The lowest BCUT2D eigenvalue weighted by atomic mass is 10.1. The first-order valence-electron chi connectivity index (χ1n) is 6.59. The zero-order chi connectivity index (χ0) is 14.1. The van der Waals surface area contributed by atoms with Crippen LogP contribution in [0.15, 0.2) is 36.4 Å². The fourth-order valence-corrected chi connectivity index (χ4v) is 2.80. The van der Waals surface area contributed by atoms with Crippen LogP contribution in [-0.2, 0) is 13.0 Å². The van der Waals surface area contributed by atoms with Gasteiger partial charge in [0, 0.05) is 11.6 Å². The van der Waals surface area contributed by atoms with Gasteiger partial charge in [0.1, 0.15) is 18.2 Å². The van der Waals surface area contributed by atoms with Gasteiger partial charge in [-0.25, -0.2) is 4.39 Å². The maximum Gasteiger partial charge on any atom is 0.124 e. The largest absolute Gasteiger partial charge is 0.489 e. The van der Waals surface area contributed by atoms with Crippen molar-refractivity contribution in [2.24, 2.45) is 5.73 Å². The van der Waals surface area contributed by atoms with Crippen molar-refractivity contribution in [1.82, 2.24) is 0 Å². The Morgan fingerprint density at radius 3 is 2.95 bits per heavy atom. The first-order chi connectivity index (χ1) is 9.65. The maximum absolute atomic E-state index is 13.0. The van der Waals surface area contributed by atoms with E-state index in [9.17, 15) is 4.39 Å². The zero-order valence-electron chi connectivity index (χ0n) is 10.9. The lowest BCUT2D eigenvalue weighted by molar-refractivity contribution is 0.303. The quantitative estimate of drug-likeness (QED) is 0.927. The van der Waals surface area contributed by atoms with Gasteiger partial charge in [-0.2, -0.15) is 0 Å². The highest BCUT2D eigenvalue weighted by Crippen LogP contribution is 2.36. The first-order valence-corrected chi connectivity index (χ1v) is 6.97. The summed E-state index contributed by atoms with van der Waals surface area (Å²) >= 11 is 6.00. The summed E-state index contributed by atoms with van der Waals surface area (Å²) in [4.78, 5) is 0. The highest BCUT2D eigenvalue weighted by atomic mass is 35.5. The van der Waals surface area contributed by atoms with Crippen molar-refractivity contribution in [2.75, 3.05) is 0 Å².